The highest BCUT2D eigenvalue weighted by Gasteiger charge is 2.48. The molecule has 2 atom stereocenters. The van der Waals surface area contributed by atoms with Crippen molar-refractivity contribution in [3.8, 4) is 0 Å². The van der Waals surface area contributed by atoms with Gasteiger partial charge >= 0.3 is 0 Å². The van der Waals surface area contributed by atoms with Gasteiger partial charge in [0.2, 0.25) is 0 Å². The van der Waals surface area contributed by atoms with Crippen molar-refractivity contribution in [2.24, 2.45) is 5.41 Å². The molecule has 4 heteroatoms. The lowest BCUT2D eigenvalue weighted by molar-refractivity contribution is -0.0979. The highest BCUT2D eigenvalue weighted by atomic mass is 35.5. The van der Waals surface area contributed by atoms with Crippen molar-refractivity contribution in [2.75, 3.05) is 7.11 Å². The van der Waals surface area contributed by atoms with Crippen LogP contribution in [0.25, 0.3) is 0 Å². The van der Waals surface area contributed by atoms with Crippen LogP contribution >= 0.6 is 23.2 Å². The van der Waals surface area contributed by atoms with E-state index in [0.29, 0.717) is 12.1 Å². The Bertz CT molecular complexity index is 434. The number of hydrogen-bond donors (Lipinski definition) is 1. The summed E-state index contributed by atoms with van der Waals surface area (Å²) in [6.07, 6.45) is 1.38. The number of methoxy groups -OCH3 is 1. The molecule has 1 aliphatic carbocycles. The molecule has 0 radical (unpaired) electrons. The Morgan fingerprint density at radius 2 is 2.11 bits per heavy atom. The summed E-state index contributed by atoms with van der Waals surface area (Å²) in [6.45, 7) is 5.19. The van der Waals surface area contributed by atoms with E-state index in [9.17, 15) is 0 Å². The molecule has 1 aromatic carbocycles. The zero-order valence-corrected chi connectivity index (χ0v) is 12.5. The summed E-state index contributed by atoms with van der Waals surface area (Å²) in [5.74, 6) is 0. The summed E-state index contributed by atoms with van der Waals surface area (Å²) in [5.41, 5.74) is 1.21. The third-order valence-electron chi connectivity index (χ3n) is 4.01. The highest BCUT2D eigenvalue weighted by Crippen LogP contribution is 2.42. The van der Waals surface area contributed by atoms with Crippen molar-refractivity contribution in [2.45, 2.75) is 39.0 Å². The Hall–Kier alpha value is -0.280. The quantitative estimate of drug-likeness (QED) is 0.907. The molecule has 1 saturated carbocycles. The predicted molar refractivity (Wildman–Crippen MR) is 76.3 cm³/mol. The van der Waals surface area contributed by atoms with Gasteiger partial charge in [0.1, 0.15) is 0 Å². The second-order valence-electron chi connectivity index (χ2n) is 5.45. The molecule has 0 heterocycles. The zero-order chi connectivity index (χ0) is 13.3. The van der Waals surface area contributed by atoms with E-state index in [1.54, 1.807) is 7.11 Å². The first kappa shape index (κ1) is 14.1. The molecular weight excluding hydrogens is 269 g/mol. The molecule has 2 nitrogen and oxygen atoms in total. The van der Waals surface area contributed by atoms with Crippen molar-refractivity contribution in [3.63, 3.8) is 0 Å². The number of halogens is 2. The van der Waals surface area contributed by atoms with E-state index in [1.165, 1.54) is 0 Å². The van der Waals surface area contributed by atoms with E-state index in [1.807, 2.05) is 18.2 Å². The van der Waals surface area contributed by atoms with Gasteiger partial charge in [-0.2, -0.15) is 0 Å². The molecule has 1 N–H and O–H groups in total. The molecule has 0 spiro atoms. The highest BCUT2D eigenvalue weighted by molar-refractivity contribution is 6.33. The summed E-state index contributed by atoms with van der Waals surface area (Å²) in [4.78, 5) is 0. The van der Waals surface area contributed by atoms with Gasteiger partial charge in [0.25, 0.3) is 0 Å². The molecule has 0 amide bonds. The Morgan fingerprint density at radius 3 is 2.72 bits per heavy atom. The molecular formula is C14H19Cl2NO. The van der Waals surface area contributed by atoms with Gasteiger partial charge in [0, 0.05) is 35.2 Å². The number of benzene rings is 1. The van der Waals surface area contributed by atoms with Crippen molar-refractivity contribution >= 4 is 23.2 Å². The lowest BCUT2D eigenvalue weighted by Gasteiger charge is -2.51. The maximum Gasteiger partial charge on any atom is 0.0652 e. The predicted octanol–water partition coefficient (Wildman–Crippen LogP) is 3.90. The van der Waals surface area contributed by atoms with E-state index >= 15 is 0 Å². The monoisotopic (exact) mass is 287 g/mol. The van der Waals surface area contributed by atoms with E-state index in [0.717, 1.165) is 28.6 Å². The Labute approximate surface area is 119 Å². The maximum atomic E-state index is 6.14. The van der Waals surface area contributed by atoms with Gasteiger partial charge < -0.3 is 10.1 Å². The Morgan fingerprint density at radius 1 is 1.39 bits per heavy atom. The molecule has 2 unspecified atom stereocenters. The third kappa shape index (κ3) is 2.67. The molecule has 1 fully saturated rings. The van der Waals surface area contributed by atoms with Crippen LogP contribution in [0.4, 0.5) is 0 Å². The van der Waals surface area contributed by atoms with Gasteiger partial charge in [0.05, 0.1) is 6.10 Å². The molecule has 2 rings (SSSR count). The van der Waals surface area contributed by atoms with Crippen LogP contribution in [0.2, 0.25) is 10.0 Å². The van der Waals surface area contributed by atoms with Crippen LogP contribution in [-0.2, 0) is 11.3 Å². The first-order valence-electron chi connectivity index (χ1n) is 6.15. The van der Waals surface area contributed by atoms with Crippen molar-refractivity contribution in [1.29, 1.82) is 0 Å². The smallest absolute Gasteiger partial charge is 0.0652 e. The molecule has 18 heavy (non-hydrogen) atoms. The van der Waals surface area contributed by atoms with Gasteiger partial charge in [0.15, 0.2) is 0 Å². The third-order valence-corrected chi connectivity index (χ3v) is 4.61. The zero-order valence-electron chi connectivity index (χ0n) is 11.0. The fourth-order valence-corrected chi connectivity index (χ4v) is 2.92. The molecule has 100 valence electrons. The van der Waals surface area contributed by atoms with Gasteiger partial charge in [-0.3, -0.25) is 0 Å². The minimum atomic E-state index is 0.166. The topological polar surface area (TPSA) is 21.3 Å². The van der Waals surface area contributed by atoms with E-state index < -0.39 is 0 Å². The summed E-state index contributed by atoms with van der Waals surface area (Å²) in [6, 6.07) is 6.01. The SMILES string of the molecule is COC1CC(NCc2cc(Cl)ccc2Cl)C1(C)C. The second kappa shape index (κ2) is 5.38. The van der Waals surface area contributed by atoms with E-state index in [2.05, 4.69) is 19.2 Å². The normalized spacial score (nSPS) is 25.8. The van der Waals surface area contributed by atoms with Gasteiger partial charge in [-0.25, -0.2) is 0 Å². The Kier molecular flexibility index (Phi) is 4.22. The van der Waals surface area contributed by atoms with Crippen molar-refractivity contribution < 1.29 is 4.74 Å². The van der Waals surface area contributed by atoms with E-state index in [4.69, 9.17) is 27.9 Å². The number of rotatable bonds is 4. The van der Waals surface area contributed by atoms with Crippen LogP contribution < -0.4 is 5.32 Å². The molecule has 1 aliphatic rings. The van der Waals surface area contributed by atoms with Crippen LogP contribution in [0.5, 0.6) is 0 Å². The minimum Gasteiger partial charge on any atom is -0.381 e. The van der Waals surface area contributed by atoms with Gasteiger partial charge in [-0.1, -0.05) is 37.0 Å². The summed E-state index contributed by atoms with van der Waals surface area (Å²) in [7, 11) is 1.77. The van der Waals surface area contributed by atoms with Crippen LogP contribution in [-0.4, -0.2) is 19.3 Å². The van der Waals surface area contributed by atoms with Crippen LogP contribution in [0.15, 0.2) is 18.2 Å². The number of hydrogen-bond acceptors (Lipinski definition) is 2. The molecule has 1 aromatic rings. The fourth-order valence-electron chi connectivity index (χ4n) is 2.54. The minimum absolute atomic E-state index is 0.166. The lowest BCUT2D eigenvalue weighted by atomic mass is 9.64. The van der Waals surface area contributed by atoms with Gasteiger partial charge in [-0.15, -0.1) is 0 Å². The molecule has 0 saturated heterocycles. The molecule has 0 bridgehead atoms. The first-order chi connectivity index (χ1) is 8.45. The largest absolute Gasteiger partial charge is 0.381 e. The average molecular weight is 288 g/mol. The standard InChI is InChI=1S/C14H19Cl2NO/c1-14(2)12(7-13(14)18-3)17-8-9-6-10(15)4-5-11(9)16/h4-6,12-13,17H,7-8H2,1-3H3. The summed E-state index contributed by atoms with van der Waals surface area (Å²) in [5, 5.41) is 5.01. The van der Waals surface area contributed by atoms with Crippen LogP contribution in [0.3, 0.4) is 0 Å². The van der Waals surface area contributed by atoms with Crippen molar-refractivity contribution in [3.05, 3.63) is 33.8 Å². The fraction of sp³-hybridized carbons (Fsp3) is 0.571. The van der Waals surface area contributed by atoms with Crippen LogP contribution in [0.1, 0.15) is 25.8 Å². The van der Waals surface area contributed by atoms with Crippen LogP contribution in [0, 0.1) is 5.41 Å². The average Bonchev–Trinajstić information content (AvgIpc) is 2.32. The number of ether oxygens (including phenoxy) is 1. The second-order valence-corrected chi connectivity index (χ2v) is 6.29. The van der Waals surface area contributed by atoms with E-state index in [-0.39, 0.29) is 5.41 Å². The summed E-state index contributed by atoms with van der Waals surface area (Å²) < 4.78 is 5.44. The maximum absolute atomic E-state index is 6.14. The molecule has 0 aliphatic heterocycles. The van der Waals surface area contributed by atoms with Crippen molar-refractivity contribution in [1.82, 2.24) is 5.32 Å². The molecule has 0 aromatic heterocycles. The Balaban J connectivity index is 1.95. The summed E-state index contributed by atoms with van der Waals surface area (Å²) >= 11 is 12.1. The van der Waals surface area contributed by atoms with Gasteiger partial charge in [-0.05, 0) is 30.2 Å². The first-order valence-corrected chi connectivity index (χ1v) is 6.91. The number of nitrogens with one attached hydrogen (secondary N) is 1. The lowest BCUT2D eigenvalue weighted by Crippen LogP contribution is -2.60.